The lowest BCUT2D eigenvalue weighted by Crippen LogP contribution is -2.21. The first-order chi connectivity index (χ1) is 16.6. The van der Waals surface area contributed by atoms with E-state index in [0.29, 0.717) is 5.75 Å². The maximum absolute atomic E-state index is 12.5. The zero-order valence-electron chi connectivity index (χ0n) is 18.6. The lowest BCUT2D eigenvalue weighted by molar-refractivity contribution is -0.116. The van der Waals surface area contributed by atoms with Crippen LogP contribution in [0.3, 0.4) is 0 Å². The van der Waals surface area contributed by atoms with Crippen LogP contribution in [0.1, 0.15) is 11.3 Å². The number of phenols is 1. The molecule has 0 spiro atoms. The van der Waals surface area contributed by atoms with Crippen molar-refractivity contribution in [2.45, 2.75) is 6.54 Å². The highest BCUT2D eigenvalue weighted by Crippen LogP contribution is 2.32. The smallest absolute Gasteiger partial charge is 0.244 e. The Balaban J connectivity index is 1.42. The van der Waals surface area contributed by atoms with Crippen molar-refractivity contribution in [1.29, 1.82) is 0 Å². The predicted octanol–water partition coefficient (Wildman–Crippen LogP) is 5.43. The summed E-state index contributed by atoms with van der Waals surface area (Å²) in [5.41, 5.74) is 5.39. The van der Waals surface area contributed by atoms with E-state index in [1.54, 1.807) is 18.2 Å². The molecule has 0 aliphatic rings. The van der Waals surface area contributed by atoms with Crippen LogP contribution in [0.2, 0.25) is 0 Å². The second-order valence-corrected chi connectivity index (χ2v) is 7.90. The molecule has 3 N–H and O–H groups in total. The summed E-state index contributed by atoms with van der Waals surface area (Å²) in [5.74, 6) is 0.165. The number of aromatic nitrogens is 2. The van der Waals surface area contributed by atoms with E-state index in [1.807, 2.05) is 48.5 Å². The number of carbonyl (C=O) groups excluding carboxylic acids is 1. The number of para-hydroxylation sites is 1. The maximum atomic E-state index is 12.5. The number of aromatic amines is 1. The van der Waals surface area contributed by atoms with Gasteiger partial charge in [-0.2, -0.15) is 0 Å². The maximum Gasteiger partial charge on any atom is 0.244 e. The molecule has 6 heteroatoms. The lowest BCUT2D eigenvalue weighted by atomic mass is 10.1. The number of rotatable bonds is 6. The van der Waals surface area contributed by atoms with Crippen molar-refractivity contribution < 1.29 is 14.6 Å². The van der Waals surface area contributed by atoms with Crippen LogP contribution in [-0.2, 0) is 11.3 Å². The average molecular weight is 450 g/mol. The SMILES string of the molecule is COc1cc(/C=C/C(=O)NCc2cc3c([nH]c4ccccc43)c(-c3ccccc3)n2)ccc1O. The first-order valence-electron chi connectivity index (χ1n) is 10.9. The molecule has 0 saturated heterocycles. The Bertz CT molecular complexity index is 1520. The fraction of sp³-hybridized carbons (Fsp3) is 0.0714. The number of nitrogens with one attached hydrogen (secondary N) is 2. The van der Waals surface area contributed by atoms with Crippen LogP contribution in [-0.4, -0.2) is 28.1 Å². The van der Waals surface area contributed by atoms with Crippen molar-refractivity contribution in [1.82, 2.24) is 15.3 Å². The molecule has 34 heavy (non-hydrogen) atoms. The van der Waals surface area contributed by atoms with E-state index in [4.69, 9.17) is 9.72 Å². The van der Waals surface area contributed by atoms with Gasteiger partial charge in [0.2, 0.25) is 5.91 Å². The normalized spacial score (nSPS) is 11.3. The monoisotopic (exact) mass is 449 g/mol. The van der Waals surface area contributed by atoms with Crippen LogP contribution in [0.4, 0.5) is 0 Å². The highest BCUT2D eigenvalue weighted by atomic mass is 16.5. The number of aromatic hydroxyl groups is 1. The van der Waals surface area contributed by atoms with Gasteiger partial charge in [-0.05, 0) is 35.9 Å². The highest BCUT2D eigenvalue weighted by Gasteiger charge is 2.13. The van der Waals surface area contributed by atoms with Gasteiger partial charge in [0.05, 0.1) is 30.6 Å². The van der Waals surface area contributed by atoms with Crippen LogP contribution in [0.5, 0.6) is 11.5 Å². The molecule has 0 unspecified atom stereocenters. The van der Waals surface area contributed by atoms with Crippen molar-refractivity contribution in [3.8, 4) is 22.8 Å². The summed E-state index contributed by atoms with van der Waals surface area (Å²) in [5, 5.41) is 14.8. The van der Waals surface area contributed by atoms with E-state index in [1.165, 1.54) is 19.3 Å². The van der Waals surface area contributed by atoms with Gasteiger partial charge in [-0.15, -0.1) is 0 Å². The molecule has 5 aromatic rings. The first-order valence-corrected chi connectivity index (χ1v) is 10.9. The van der Waals surface area contributed by atoms with E-state index in [9.17, 15) is 9.90 Å². The Kier molecular flexibility index (Phi) is 5.70. The van der Waals surface area contributed by atoms with Crippen LogP contribution in [0, 0.1) is 0 Å². The number of fused-ring (bicyclic) bond motifs is 3. The van der Waals surface area contributed by atoms with Crippen LogP contribution in [0.15, 0.2) is 84.9 Å². The third-order valence-corrected chi connectivity index (χ3v) is 5.67. The molecule has 0 aliphatic heterocycles. The molecule has 0 saturated carbocycles. The van der Waals surface area contributed by atoms with Crippen molar-refractivity contribution >= 4 is 33.8 Å². The Labute approximate surface area is 196 Å². The highest BCUT2D eigenvalue weighted by molar-refractivity contribution is 6.11. The number of nitrogens with zero attached hydrogens (tertiary/aromatic N) is 1. The van der Waals surface area contributed by atoms with Crippen molar-refractivity contribution in [3.05, 3.63) is 96.2 Å². The number of hydrogen-bond acceptors (Lipinski definition) is 4. The van der Waals surface area contributed by atoms with E-state index in [-0.39, 0.29) is 18.2 Å². The predicted molar refractivity (Wildman–Crippen MR) is 135 cm³/mol. The summed E-state index contributed by atoms with van der Waals surface area (Å²) in [7, 11) is 1.48. The molecule has 168 valence electrons. The lowest BCUT2D eigenvalue weighted by Gasteiger charge is -2.08. The molecule has 0 fully saturated rings. The van der Waals surface area contributed by atoms with E-state index in [2.05, 4.69) is 22.4 Å². The second kappa shape index (κ2) is 9.11. The van der Waals surface area contributed by atoms with Gasteiger partial charge < -0.3 is 20.1 Å². The molecule has 1 amide bonds. The van der Waals surface area contributed by atoms with Gasteiger partial charge in [-0.25, -0.2) is 4.98 Å². The number of H-pyrrole nitrogens is 1. The quantitative estimate of drug-likeness (QED) is 0.302. The minimum Gasteiger partial charge on any atom is -0.504 e. The van der Waals surface area contributed by atoms with E-state index in [0.717, 1.165) is 44.3 Å². The van der Waals surface area contributed by atoms with Gasteiger partial charge in [0.1, 0.15) is 0 Å². The first kappa shape index (κ1) is 21.3. The zero-order chi connectivity index (χ0) is 23.5. The summed E-state index contributed by atoms with van der Waals surface area (Å²) in [4.78, 5) is 20.9. The molecule has 6 nitrogen and oxygen atoms in total. The Hall–Kier alpha value is -4.58. The standard InChI is InChI=1S/C28H23N3O3/c1-34-25-15-18(11-13-24(25)32)12-14-26(33)29-17-20-16-22-21-9-5-6-10-23(21)31-28(22)27(30-20)19-7-3-2-4-8-19/h2-16,31-32H,17H2,1H3,(H,29,33)/b14-12+. The number of pyridine rings is 1. The molecule has 5 rings (SSSR count). The number of benzene rings is 3. The number of methoxy groups -OCH3 is 1. The number of hydrogen-bond donors (Lipinski definition) is 3. The summed E-state index contributed by atoms with van der Waals surface area (Å²) >= 11 is 0. The second-order valence-electron chi connectivity index (χ2n) is 7.90. The molecule has 0 aliphatic carbocycles. The summed E-state index contributed by atoms with van der Waals surface area (Å²) < 4.78 is 5.11. The van der Waals surface area contributed by atoms with Crippen molar-refractivity contribution in [3.63, 3.8) is 0 Å². The van der Waals surface area contributed by atoms with Gasteiger partial charge in [-0.1, -0.05) is 54.6 Å². The number of carbonyl (C=O) groups is 1. The van der Waals surface area contributed by atoms with Crippen LogP contribution in [0.25, 0.3) is 39.1 Å². The summed E-state index contributed by atoms with van der Waals surface area (Å²) in [6.07, 6.45) is 3.12. The van der Waals surface area contributed by atoms with Crippen LogP contribution < -0.4 is 10.1 Å². The van der Waals surface area contributed by atoms with Crippen LogP contribution >= 0.6 is 0 Å². The van der Waals surface area contributed by atoms with E-state index < -0.39 is 0 Å². The van der Waals surface area contributed by atoms with Crippen molar-refractivity contribution in [2.75, 3.05) is 7.11 Å². The Morgan fingerprint density at radius 2 is 1.82 bits per heavy atom. The average Bonchev–Trinajstić information content (AvgIpc) is 3.25. The number of phenolic OH excluding ortho intramolecular Hbond substituents is 1. The van der Waals surface area contributed by atoms with Gasteiger partial charge in [-0.3, -0.25) is 4.79 Å². The molecule has 3 aromatic carbocycles. The topological polar surface area (TPSA) is 87.2 Å². The van der Waals surface area contributed by atoms with E-state index >= 15 is 0 Å². The molecule has 0 radical (unpaired) electrons. The Morgan fingerprint density at radius 3 is 2.65 bits per heavy atom. The van der Waals surface area contributed by atoms with Crippen molar-refractivity contribution in [2.24, 2.45) is 0 Å². The molecular weight excluding hydrogens is 426 g/mol. The number of ether oxygens (including phenoxy) is 1. The molecule has 2 aromatic heterocycles. The molecular formula is C28H23N3O3. The summed E-state index contributed by atoms with van der Waals surface area (Å²) in [6, 6.07) is 25.1. The third-order valence-electron chi connectivity index (χ3n) is 5.67. The fourth-order valence-electron chi connectivity index (χ4n) is 4.00. The zero-order valence-corrected chi connectivity index (χ0v) is 18.6. The van der Waals surface area contributed by atoms with Gasteiger partial charge in [0.15, 0.2) is 11.5 Å². The molecule has 2 heterocycles. The molecule has 0 bridgehead atoms. The minimum absolute atomic E-state index is 0.0528. The molecule has 0 atom stereocenters. The van der Waals surface area contributed by atoms with Gasteiger partial charge in [0, 0.05) is 27.9 Å². The fourth-order valence-corrected chi connectivity index (χ4v) is 4.00. The Morgan fingerprint density at radius 1 is 1.03 bits per heavy atom. The minimum atomic E-state index is -0.242. The number of amides is 1. The van der Waals surface area contributed by atoms with Gasteiger partial charge in [0.25, 0.3) is 0 Å². The summed E-state index contributed by atoms with van der Waals surface area (Å²) in [6.45, 7) is 0.289. The van der Waals surface area contributed by atoms with Gasteiger partial charge >= 0.3 is 0 Å². The third kappa shape index (κ3) is 4.21. The largest absolute Gasteiger partial charge is 0.504 e.